The monoisotopic (exact) mass is 782 g/mol. The summed E-state index contributed by atoms with van der Waals surface area (Å²) in [6.45, 7) is 17.5. The number of nitrogens with zero attached hydrogens (tertiary/aromatic N) is 5. The second kappa shape index (κ2) is 15.2. The van der Waals surface area contributed by atoms with Gasteiger partial charge in [-0.15, -0.1) is 0 Å². The number of nitrogens with one attached hydrogen (secondary N) is 2. The minimum absolute atomic E-state index is 0.210. The third-order valence-electron chi connectivity index (χ3n) is 12.1. The van der Waals surface area contributed by atoms with E-state index in [-0.39, 0.29) is 16.2 Å². The van der Waals surface area contributed by atoms with Crippen LogP contribution in [0.2, 0.25) is 0 Å². The van der Waals surface area contributed by atoms with Crippen LogP contribution >= 0.6 is 0 Å². The maximum Gasteiger partial charge on any atom is 0.275 e. The zero-order valence-electron chi connectivity index (χ0n) is 35.2. The van der Waals surface area contributed by atoms with E-state index in [4.69, 9.17) is 15.2 Å². The number of ether oxygens (including phenoxy) is 2. The maximum atomic E-state index is 11.6. The molecule has 0 fully saturated rings. The molecule has 0 amide bonds. The molecular formula is C46H54N8O4. The number of nitro benzene ring substituents is 1. The topological polar surface area (TPSA) is 151 Å². The second-order valence-electron chi connectivity index (χ2n) is 16.6. The highest BCUT2D eigenvalue weighted by Crippen LogP contribution is 2.46. The Balaban J connectivity index is 0.000000177. The molecule has 2 aromatic heterocycles. The van der Waals surface area contributed by atoms with Crippen LogP contribution in [0.5, 0.6) is 11.5 Å². The number of aromatic amines is 2. The number of anilines is 3. The van der Waals surface area contributed by atoms with E-state index in [1.54, 1.807) is 19.3 Å². The van der Waals surface area contributed by atoms with Gasteiger partial charge in [0.2, 0.25) is 0 Å². The smallest absolute Gasteiger partial charge is 0.275 e. The van der Waals surface area contributed by atoms with Gasteiger partial charge in [-0.25, -0.2) is 0 Å². The first kappa shape index (κ1) is 39.9. The number of nitro groups is 1. The van der Waals surface area contributed by atoms with E-state index < -0.39 is 5.60 Å². The molecule has 12 nitrogen and oxygen atoms in total. The molecule has 2 unspecified atom stereocenters. The van der Waals surface area contributed by atoms with Crippen molar-refractivity contribution in [1.29, 1.82) is 0 Å². The summed E-state index contributed by atoms with van der Waals surface area (Å²) >= 11 is 0. The van der Waals surface area contributed by atoms with Crippen molar-refractivity contribution in [2.75, 3.05) is 42.7 Å². The van der Waals surface area contributed by atoms with Crippen LogP contribution in [0.1, 0.15) is 58.4 Å². The van der Waals surface area contributed by atoms with Gasteiger partial charge in [-0.05, 0) is 120 Å². The lowest BCUT2D eigenvalue weighted by Crippen LogP contribution is -2.43. The zero-order chi connectivity index (χ0) is 41.7. The fourth-order valence-electron chi connectivity index (χ4n) is 8.66. The van der Waals surface area contributed by atoms with Gasteiger partial charge in [-0.3, -0.25) is 20.3 Å². The van der Waals surface area contributed by atoms with Gasteiger partial charge >= 0.3 is 0 Å². The summed E-state index contributed by atoms with van der Waals surface area (Å²) in [5, 5.41) is 25.6. The molecule has 12 heteroatoms. The molecule has 2 aliphatic heterocycles. The minimum atomic E-state index is -0.462. The Bertz CT molecular complexity index is 2420. The average Bonchev–Trinajstić information content (AvgIpc) is 4.03. The van der Waals surface area contributed by atoms with Crippen LogP contribution in [0.15, 0.2) is 73.1 Å². The predicted molar refractivity (Wildman–Crippen MR) is 232 cm³/mol. The van der Waals surface area contributed by atoms with E-state index in [1.807, 2.05) is 33.0 Å². The number of likely N-dealkylation sites (N-methyl/N-ethyl adjacent to an activating group) is 2. The van der Waals surface area contributed by atoms with Crippen molar-refractivity contribution < 1.29 is 14.4 Å². The highest BCUT2D eigenvalue weighted by molar-refractivity contribution is 5.68. The molecule has 2 aliphatic rings. The molecule has 58 heavy (non-hydrogen) atoms. The van der Waals surface area contributed by atoms with Crippen molar-refractivity contribution in [2.45, 2.75) is 79.4 Å². The van der Waals surface area contributed by atoms with Crippen molar-refractivity contribution in [1.82, 2.24) is 20.4 Å². The van der Waals surface area contributed by atoms with Gasteiger partial charge in [0.25, 0.3) is 5.69 Å². The number of aromatic nitrogens is 4. The van der Waals surface area contributed by atoms with Gasteiger partial charge < -0.3 is 25.0 Å². The van der Waals surface area contributed by atoms with E-state index in [0.717, 1.165) is 91.9 Å². The first-order valence-electron chi connectivity index (χ1n) is 19.6. The standard InChI is InChI=1S/C23H26N4O3.C23H28N4O/c1-14-15(2)22-19(16(3)21(14)27(28)29)12-23(4,30-22)13-26(5)18-8-6-17(7-9-18)20-10-11-24-25-20;1-14-15(2)22-19(16(3)21(14)24)12-23(4,28-22)13-27(5)18-8-6-17(7-9-18)20-10-11-25-26-20/h6-11H,12-13H2,1-5H3,(H,24,25);6-11H,12-13,24H2,1-5H3,(H,25,26). The Morgan fingerprint density at radius 3 is 1.47 bits per heavy atom. The van der Waals surface area contributed by atoms with Crippen LogP contribution < -0.4 is 25.0 Å². The number of nitrogens with two attached hydrogens (primary N) is 1. The molecule has 0 saturated heterocycles. The Hall–Kier alpha value is -6.30. The van der Waals surface area contributed by atoms with Crippen LogP contribution in [0.4, 0.5) is 22.7 Å². The fourth-order valence-corrected chi connectivity index (χ4v) is 8.66. The van der Waals surface area contributed by atoms with E-state index in [1.165, 1.54) is 5.56 Å². The Kier molecular flexibility index (Phi) is 10.5. The summed E-state index contributed by atoms with van der Waals surface area (Å²) < 4.78 is 12.9. The van der Waals surface area contributed by atoms with Crippen molar-refractivity contribution in [3.8, 4) is 34.0 Å². The van der Waals surface area contributed by atoms with Crippen molar-refractivity contribution in [2.24, 2.45) is 0 Å². The van der Waals surface area contributed by atoms with Crippen LogP contribution in [-0.4, -0.2) is 63.7 Å². The summed E-state index contributed by atoms with van der Waals surface area (Å²) in [6, 6.07) is 20.7. The molecule has 6 aromatic rings. The van der Waals surface area contributed by atoms with Gasteiger partial charge in [0, 0.05) is 84.2 Å². The summed E-state index contributed by atoms with van der Waals surface area (Å²) in [5.41, 5.74) is 21.0. The number of rotatable bonds is 9. The van der Waals surface area contributed by atoms with E-state index in [9.17, 15) is 10.1 Å². The van der Waals surface area contributed by atoms with Crippen molar-refractivity contribution >= 4 is 22.7 Å². The van der Waals surface area contributed by atoms with Gasteiger partial charge in [0.05, 0.1) is 29.4 Å². The highest BCUT2D eigenvalue weighted by atomic mass is 16.6. The maximum absolute atomic E-state index is 11.6. The lowest BCUT2D eigenvalue weighted by atomic mass is 9.91. The van der Waals surface area contributed by atoms with Crippen molar-refractivity contribution in [3.05, 3.63) is 128 Å². The quantitative estimate of drug-likeness (QED) is 0.0741. The van der Waals surface area contributed by atoms with Gasteiger partial charge in [0.15, 0.2) is 0 Å². The number of nitrogen functional groups attached to an aromatic ring is 1. The normalized spacial score (nSPS) is 17.8. The fraction of sp³-hybridized carbons (Fsp3) is 0.348. The second-order valence-corrected chi connectivity index (χ2v) is 16.6. The molecule has 4 N–H and O–H groups in total. The Morgan fingerprint density at radius 2 is 1.07 bits per heavy atom. The van der Waals surface area contributed by atoms with Gasteiger partial charge in [0.1, 0.15) is 22.7 Å². The number of fused-ring (bicyclic) bond motifs is 2. The van der Waals surface area contributed by atoms with Gasteiger partial charge in [-0.1, -0.05) is 24.3 Å². The van der Waals surface area contributed by atoms with E-state index >= 15 is 0 Å². The average molecular weight is 783 g/mol. The van der Waals surface area contributed by atoms with Gasteiger partial charge in [-0.2, -0.15) is 10.2 Å². The molecule has 4 heterocycles. The number of hydrogen-bond acceptors (Lipinski definition) is 9. The van der Waals surface area contributed by atoms with E-state index in [0.29, 0.717) is 24.1 Å². The molecule has 0 bridgehead atoms. The number of H-pyrrole nitrogens is 2. The lowest BCUT2D eigenvalue weighted by molar-refractivity contribution is -0.386. The molecule has 4 aromatic carbocycles. The SMILES string of the molecule is Cc1c(C)c([N+](=O)[O-])c(C)c2c1OC(C)(CN(C)c1ccc(-c3ccn[nH]3)cc1)C2.Cc1c(C)c2c(c(C)c1N)CC(C)(CN(C)c1ccc(-c3ccn[nH]3)cc1)O2. The van der Waals surface area contributed by atoms with E-state index in [2.05, 4.69) is 120 Å². The molecule has 0 spiro atoms. The van der Waals surface area contributed by atoms with Crippen LogP contribution in [0.3, 0.4) is 0 Å². The Labute approximate surface area is 340 Å². The number of hydrogen-bond donors (Lipinski definition) is 3. The molecule has 302 valence electrons. The summed E-state index contributed by atoms with van der Waals surface area (Å²) in [7, 11) is 4.15. The number of benzene rings is 4. The molecule has 2 atom stereocenters. The molecule has 0 saturated carbocycles. The molecular weight excluding hydrogens is 729 g/mol. The summed E-state index contributed by atoms with van der Waals surface area (Å²) in [6.07, 6.45) is 5.02. The largest absolute Gasteiger partial charge is 0.485 e. The third-order valence-corrected chi connectivity index (χ3v) is 12.1. The molecule has 0 aliphatic carbocycles. The van der Waals surface area contributed by atoms with Crippen LogP contribution in [0, 0.1) is 51.7 Å². The molecule has 8 rings (SSSR count). The lowest BCUT2D eigenvalue weighted by Gasteiger charge is -2.31. The minimum Gasteiger partial charge on any atom is -0.485 e. The first-order valence-corrected chi connectivity index (χ1v) is 19.6. The zero-order valence-corrected chi connectivity index (χ0v) is 35.2. The summed E-state index contributed by atoms with van der Waals surface area (Å²) in [4.78, 5) is 15.7. The Morgan fingerprint density at radius 1 is 0.655 bits per heavy atom. The van der Waals surface area contributed by atoms with Crippen molar-refractivity contribution in [3.63, 3.8) is 0 Å². The predicted octanol–water partition coefficient (Wildman–Crippen LogP) is 9.15. The third kappa shape index (κ3) is 7.46. The van der Waals surface area contributed by atoms with Crippen LogP contribution in [-0.2, 0) is 12.8 Å². The molecule has 0 radical (unpaired) electrons. The summed E-state index contributed by atoms with van der Waals surface area (Å²) in [5.74, 6) is 1.83. The van der Waals surface area contributed by atoms with Crippen LogP contribution in [0.25, 0.3) is 22.5 Å². The first-order chi connectivity index (χ1) is 27.5. The highest BCUT2D eigenvalue weighted by Gasteiger charge is 2.41.